The molecule has 0 N–H and O–H groups in total. The number of fused-ring (bicyclic) bond motifs is 3. The van der Waals surface area contributed by atoms with Gasteiger partial charge in [0.2, 0.25) is 0 Å². The standard InChI is InChI=1S/C30H25/c1-19-13-14-24-26(17-19)29(30-16-15-20(2)21(3)27(30)18-30)25-12-8-7-11-23(25)28(24)22-9-5-4-6-10-22/h4-17,27H,2,18H2,1,3H3. The van der Waals surface area contributed by atoms with E-state index in [4.69, 9.17) is 0 Å². The molecule has 0 aliphatic heterocycles. The Morgan fingerprint density at radius 1 is 0.800 bits per heavy atom. The van der Waals surface area contributed by atoms with E-state index in [0.717, 1.165) is 0 Å². The van der Waals surface area contributed by atoms with Crippen molar-refractivity contribution in [3.8, 4) is 11.1 Å². The van der Waals surface area contributed by atoms with Crippen LogP contribution in [0, 0.1) is 19.8 Å². The van der Waals surface area contributed by atoms with Crippen molar-refractivity contribution in [1.82, 2.24) is 0 Å². The molecule has 0 amide bonds. The normalized spacial score (nSPS) is 22.6. The summed E-state index contributed by atoms with van der Waals surface area (Å²) in [5.74, 6) is 0.574. The first-order chi connectivity index (χ1) is 14.6. The van der Waals surface area contributed by atoms with Gasteiger partial charge in [-0.1, -0.05) is 96.1 Å². The highest BCUT2D eigenvalue weighted by Gasteiger charge is 2.56. The highest BCUT2D eigenvalue weighted by molar-refractivity contribution is 6.16. The van der Waals surface area contributed by atoms with E-state index in [9.17, 15) is 0 Å². The van der Waals surface area contributed by atoms with E-state index < -0.39 is 0 Å². The SMILES string of the molecule is [CH2]C1=C(C)C2CC2(c2c3ccccc3c(-c3ccccc3)c3ccc(C)cc23)C=C1. The molecular formula is C30H25. The fourth-order valence-corrected chi connectivity index (χ4v) is 5.68. The molecule has 4 aromatic rings. The highest BCUT2D eigenvalue weighted by Crippen LogP contribution is 2.64. The molecule has 4 aromatic carbocycles. The van der Waals surface area contributed by atoms with Crippen molar-refractivity contribution < 1.29 is 0 Å². The molecule has 0 saturated heterocycles. The van der Waals surface area contributed by atoms with E-state index in [2.05, 4.69) is 106 Å². The monoisotopic (exact) mass is 385 g/mol. The fourth-order valence-electron chi connectivity index (χ4n) is 5.68. The second-order valence-corrected chi connectivity index (χ2v) is 9.05. The molecule has 1 saturated carbocycles. The highest BCUT2D eigenvalue weighted by atomic mass is 14.6. The number of benzene rings is 4. The van der Waals surface area contributed by atoms with Gasteiger partial charge in [0.1, 0.15) is 0 Å². The first kappa shape index (κ1) is 17.7. The molecule has 1 fully saturated rings. The van der Waals surface area contributed by atoms with Crippen molar-refractivity contribution in [3.05, 3.63) is 114 Å². The lowest BCUT2D eigenvalue weighted by molar-refractivity contribution is 0.792. The number of rotatable bonds is 2. The zero-order chi connectivity index (χ0) is 20.5. The van der Waals surface area contributed by atoms with Crippen LogP contribution < -0.4 is 0 Å². The maximum Gasteiger partial charge on any atom is 0.0219 e. The number of hydrogen-bond acceptors (Lipinski definition) is 0. The molecule has 0 nitrogen and oxygen atoms in total. The molecular weight excluding hydrogens is 360 g/mol. The zero-order valence-corrected chi connectivity index (χ0v) is 17.6. The molecule has 1 radical (unpaired) electrons. The summed E-state index contributed by atoms with van der Waals surface area (Å²) in [6.45, 7) is 8.74. The Hall–Kier alpha value is -3.12. The average Bonchev–Trinajstić information content (AvgIpc) is 3.51. The molecule has 0 heteroatoms. The molecule has 0 aromatic heterocycles. The summed E-state index contributed by atoms with van der Waals surface area (Å²) in [6.07, 6.45) is 5.88. The minimum absolute atomic E-state index is 0.103. The Morgan fingerprint density at radius 2 is 1.50 bits per heavy atom. The lowest BCUT2D eigenvalue weighted by Gasteiger charge is -2.25. The van der Waals surface area contributed by atoms with E-state index in [-0.39, 0.29) is 5.41 Å². The lowest BCUT2D eigenvalue weighted by atomic mass is 9.78. The van der Waals surface area contributed by atoms with Crippen LogP contribution in [0.15, 0.2) is 96.1 Å². The molecule has 0 heterocycles. The predicted molar refractivity (Wildman–Crippen MR) is 129 cm³/mol. The quantitative estimate of drug-likeness (QED) is 0.307. The smallest absolute Gasteiger partial charge is 0.0219 e. The van der Waals surface area contributed by atoms with Gasteiger partial charge in [0.05, 0.1) is 0 Å². The van der Waals surface area contributed by atoms with Crippen molar-refractivity contribution in [3.63, 3.8) is 0 Å². The van der Waals surface area contributed by atoms with Crippen LogP contribution in [0.3, 0.4) is 0 Å². The van der Waals surface area contributed by atoms with E-state index in [1.54, 1.807) is 0 Å². The summed E-state index contributed by atoms with van der Waals surface area (Å²) in [5, 5.41) is 5.50. The summed E-state index contributed by atoms with van der Waals surface area (Å²) < 4.78 is 0. The van der Waals surface area contributed by atoms with Crippen molar-refractivity contribution in [2.45, 2.75) is 25.7 Å². The number of hydrogen-bond donors (Lipinski definition) is 0. The Balaban J connectivity index is 1.78. The first-order valence-electron chi connectivity index (χ1n) is 10.8. The fraction of sp³-hybridized carbons (Fsp3) is 0.167. The van der Waals surface area contributed by atoms with Gasteiger partial charge in [0.15, 0.2) is 0 Å². The van der Waals surface area contributed by atoms with Gasteiger partial charge in [-0.2, -0.15) is 0 Å². The lowest BCUT2D eigenvalue weighted by Crippen LogP contribution is -2.13. The van der Waals surface area contributed by atoms with Crippen molar-refractivity contribution in [2.75, 3.05) is 0 Å². The molecule has 2 unspecified atom stereocenters. The largest absolute Gasteiger partial charge is 0.0730 e. The molecule has 30 heavy (non-hydrogen) atoms. The topological polar surface area (TPSA) is 0 Å². The van der Waals surface area contributed by atoms with Crippen LogP contribution in [-0.4, -0.2) is 0 Å². The predicted octanol–water partition coefficient (Wildman–Crippen LogP) is 7.95. The third-order valence-corrected chi connectivity index (χ3v) is 7.32. The Kier molecular flexibility index (Phi) is 3.65. The Labute approximate surface area is 178 Å². The van der Waals surface area contributed by atoms with Crippen LogP contribution in [0.5, 0.6) is 0 Å². The third-order valence-electron chi connectivity index (χ3n) is 7.32. The second kappa shape index (κ2) is 6.19. The maximum atomic E-state index is 4.27. The van der Waals surface area contributed by atoms with E-state index >= 15 is 0 Å². The molecule has 0 spiro atoms. The second-order valence-electron chi connectivity index (χ2n) is 9.05. The first-order valence-corrected chi connectivity index (χ1v) is 10.8. The summed E-state index contributed by atoms with van der Waals surface area (Å²) in [5.41, 5.74) is 8.21. The molecule has 145 valence electrons. The van der Waals surface area contributed by atoms with Crippen LogP contribution in [0.4, 0.5) is 0 Å². The van der Waals surface area contributed by atoms with Gasteiger partial charge in [-0.25, -0.2) is 0 Å². The van der Waals surface area contributed by atoms with Crippen LogP contribution in [0.2, 0.25) is 0 Å². The average molecular weight is 386 g/mol. The van der Waals surface area contributed by atoms with Crippen LogP contribution >= 0.6 is 0 Å². The van der Waals surface area contributed by atoms with Gasteiger partial charge in [-0.15, -0.1) is 0 Å². The van der Waals surface area contributed by atoms with E-state index in [0.29, 0.717) is 5.92 Å². The van der Waals surface area contributed by atoms with Gasteiger partial charge in [-0.3, -0.25) is 0 Å². The molecule has 2 atom stereocenters. The molecule has 6 rings (SSSR count). The van der Waals surface area contributed by atoms with Crippen LogP contribution in [0.1, 0.15) is 24.5 Å². The van der Waals surface area contributed by atoms with Crippen molar-refractivity contribution in [1.29, 1.82) is 0 Å². The van der Waals surface area contributed by atoms with E-state index in [1.165, 1.54) is 61.4 Å². The minimum Gasteiger partial charge on any atom is -0.0730 e. The maximum absolute atomic E-state index is 4.27. The number of allylic oxidation sites excluding steroid dienone is 4. The van der Waals surface area contributed by atoms with Crippen LogP contribution in [0.25, 0.3) is 32.7 Å². The molecule has 2 aliphatic rings. The van der Waals surface area contributed by atoms with Gasteiger partial charge in [0, 0.05) is 5.41 Å². The van der Waals surface area contributed by atoms with E-state index in [1.807, 2.05) is 0 Å². The Morgan fingerprint density at radius 3 is 2.30 bits per heavy atom. The van der Waals surface area contributed by atoms with Crippen molar-refractivity contribution >= 4 is 21.5 Å². The van der Waals surface area contributed by atoms with Crippen LogP contribution in [-0.2, 0) is 5.41 Å². The molecule has 2 aliphatic carbocycles. The number of aryl methyl sites for hydroxylation is 1. The summed E-state index contributed by atoms with van der Waals surface area (Å²) in [6, 6.07) is 26.8. The molecule has 0 bridgehead atoms. The van der Waals surface area contributed by atoms with Gasteiger partial charge in [0.25, 0.3) is 0 Å². The van der Waals surface area contributed by atoms with Gasteiger partial charge < -0.3 is 0 Å². The van der Waals surface area contributed by atoms with Crippen molar-refractivity contribution in [2.24, 2.45) is 5.92 Å². The van der Waals surface area contributed by atoms with Gasteiger partial charge >= 0.3 is 0 Å². The van der Waals surface area contributed by atoms with Gasteiger partial charge in [-0.05, 0) is 76.9 Å². The minimum atomic E-state index is 0.103. The Bertz CT molecular complexity index is 1380. The zero-order valence-electron chi connectivity index (χ0n) is 17.6. The third kappa shape index (κ3) is 2.34. The summed E-state index contributed by atoms with van der Waals surface area (Å²) in [4.78, 5) is 0. The summed E-state index contributed by atoms with van der Waals surface area (Å²) in [7, 11) is 0. The summed E-state index contributed by atoms with van der Waals surface area (Å²) >= 11 is 0.